The van der Waals surface area contributed by atoms with Crippen molar-refractivity contribution in [1.82, 2.24) is 30.1 Å². The maximum Gasteiger partial charge on any atom is 0.255 e. The SMILES string of the molecule is Cc1c(C(=O)N[C@@H](C)c2ccc(-n3ccnn3)cc2)cnn1-c1ccc(F)cc1. The van der Waals surface area contributed by atoms with E-state index in [1.54, 1.807) is 33.9 Å². The first-order chi connectivity index (χ1) is 14.0. The van der Waals surface area contributed by atoms with Gasteiger partial charge >= 0.3 is 0 Å². The molecule has 2 heterocycles. The summed E-state index contributed by atoms with van der Waals surface area (Å²) in [5, 5.41) is 15.0. The van der Waals surface area contributed by atoms with Crippen molar-refractivity contribution in [3.05, 3.63) is 89.8 Å². The maximum atomic E-state index is 13.1. The molecule has 0 radical (unpaired) electrons. The van der Waals surface area contributed by atoms with Gasteiger partial charge in [0.1, 0.15) is 5.82 Å². The molecule has 4 rings (SSSR count). The van der Waals surface area contributed by atoms with E-state index >= 15 is 0 Å². The first-order valence-electron chi connectivity index (χ1n) is 9.11. The standard InChI is InChI=1S/C21H19FN6O/c1-14(16-3-7-18(8-4-16)27-12-11-23-26-27)25-21(29)20-13-24-28(15(20)2)19-9-5-17(22)6-10-19/h3-14H,1-2H3,(H,25,29)/t14-/m0/s1. The average molecular weight is 390 g/mol. The van der Waals surface area contributed by atoms with Gasteiger partial charge in [0.25, 0.3) is 5.91 Å². The fourth-order valence-corrected chi connectivity index (χ4v) is 3.09. The van der Waals surface area contributed by atoms with Crippen LogP contribution in [0.3, 0.4) is 0 Å². The van der Waals surface area contributed by atoms with Crippen molar-refractivity contribution < 1.29 is 9.18 Å². The van der Waals surface area contributed by atoms with Crippen LogP contribution in [0.5, 0.6) is 0 Å². The third-order valence-corrected chi connectivity index (χ3v) is 4.75. The van der Waals surface area contributed by atoms with Gasteiger partial charge in [0.05, 0.1) is 47.3 Å². The molecule has 0 aliphatic heterocycles. The Hall–Kier alpha value is -3.81. The molecular formula is C21H19FN6O. The second-order valence-corrected chi connectivity index (χ2v) is 6.67. The Balaban J connectivity index is 1.48. The predicted molar refractivity (Wildman–Crippen MR) is 105 cm³/mol. The van der Waals surface area contributed by atoms with Crippen molar-refractivity contribution in [2.45, 2.75) is 19.9 Å². The van der Waals surface area contributed by atoms with Gasteiger partial charge in [-0.3, -0.25) is 4.79 Å². The Morgan fingerprint density at radius 2 is 1.76 bits per heavy atom. The molecule has 7 nitrogen and oxygen atoms in total. The summed E-state index contributed by atoms with van der Waals surface area (Å²) in [6.07, 6.45) is 4.90. The smallest absolute Gasteiger partial charge is 0.255 e. The summed E-state index contributed by atoms with van der Waals surface area (Å²) in [4.78, 5) is 12.8. The second kappa shape index (κ2) is 7.67. The van der Waals surface area contributed by atoms with Crippen molar-refractivity contribution in [2.24, 2.45) is 0 Å². The molecule has 1 atom stereocenters. The normalized spacial score (nSPS) is 12.0. The van der Waals surface area contributed by atoms with Crippen LogP contribution < -0.4 is 5.32 Å². The number of halogens is 1. The third-order valence-electron chi connectivity index (χ3n) is 4.75. The van der Waals surface area contributed by atoms with E-state index in [9.17, 15) is 9.18 Å². The van der Waals surface area contributed by atoms with Gasteiger partial charge in [-0.05, 0) is 55.8 Å². The van der Waals surface area contributed by atoms with E-state index in [4.69, 9.17) is 0 Å². The van der Waals surface area contributed by atoms with Crippen LogP contribution in [0, 0.1) is 12.7 Å². The first kappa shape index (κ1) is 18.5. The molecule has 4 aromatic rings. The zero-order valence-electron chi connectivity index (χ0n) is 16.0. The van der Waals surface area contributed by atoms with Gasteiger partial charge in [-0.2, -0.15) is 5.10 Å². The lowest BCUT2D eigenvalue weighted by Crippen LogP contribution is -2.27. The van der Waals surface area contributed by atoms with Crippen LogP contribution in [0.1, 0.15) is 34.6 Å². The molecular weight excluding hydrogens is 371 g/mol. The molecule has 0 saturated carbocycles. The van der Waals surface area contributed by atoms with Gasteiger partial charge in [-0.15, -0.1) is 5.10 Å². The molecule has 1 amide bonds. The summed E-state index contributed by atoms with van der Waals surface area (Å²) in [7, 11) is 0. The van der Waals surface area contributed by atoms with Crippen molar-refractivity contribution in [3.8, 4) is 11.4 Å². The third kappa shape index (κ3) is 3.77. The van der Waals surface area contributed by atoms with Gasteiger partial charge in [-0.1, -0.05) is 17.3 Å². The predicted octanol–water partition coefficient (Wildman–Crippen LogP) is 3.39. The summed E-state index contributed by atoms with van der Waals surface area (Å²) in [6, 6.07) is 13.5. The van der Waals surface area contributed by atoms with E-state index in [0.29, 0.717) is 16.9 Å². The highest BCUT2D eigenvalue weighted by atomic mass is 19.1. The highest BCUT2D eigenvalue weighted by Crippen LogP contribution is 2.18. The van der Waals surface area contributed by atoms with Crippen LogP contribution in [-0.2, 0) is 0 Å². The van der Waals surface area contributed by atoms with Crippen LogP contribution in [0.25, 0.3) is 11.4 Å². The molecule has 0 spiro atoms. The number of hydrogen-bond acceptors (Lipinski definition) is 4. The van der Waals surface area contributed by atoms with E-state index < -0.39 is 0 Å². The van der Waals surface area contributed by atoms with Gasteiger partial charge in [0, 0.05) is 0 Å². The van der Waals surface area contributed by atoms with Gasteiger partial charge < -0.3 is 5.32 Å². The van der Waals surface area contributed by atoms with E-state index in [1.165, 1.54) is 18.3 Å². The number of rotatable bonds is 5. The zero-order valence-corrected chi connectivity index (χ0v) is 16.0. The Kier molecular flexibility index (Phi) is 4.90. The van der Waals surface area contributed by atoms with E-state index in [2.05, 4.69) is 20.7 Å². The van der Waals surface area contributed by atoms with Crippen LogP contribution in [0.4, 0.5) is 4.39 Å². The number of carbonyl (C=O) groups excluding carboxylic acids is 1. The maximum absolute atomic E-state index is 13.1. The molecule has 0 unspecified atom stereocenters. The lowest BCUT2D eigenvalue weighted by atomic mass is 10.1. The molecule has 0 aliphatic rings. The number of nitrogens with one attached hydrogen (secondary N) is 1. The minimum absolute atomic E-state index is 0.194. The molecule has 0 aliphatic carbocycles. The molecule has 1 N–H and O–H groups in total. The van der Waals surface area contributed by atoms with Crippen molar-refractivity contribution >= 4 is 5.91 Å². The van der Waals surface area contributed by atoms with Gasteiger partial charge in [0.2, 0.25) is 0 Å². The monoisotopic (exact) mass is 390 g/mol. The zero-order chi connectivity index (χ0) is 20.4. The van der Waals surface area contributed by atoms with Crippen molar-refractivity contribution in [3.63, 3.8) is 0 Å². The highest BCUT2D eigenvalue weighted by Gasteiger charge is 2.18. The summed E-state index contributed by atoms with van der Waals surface area (Å²) < 4.78 is 16.4. The topological polar surface area (TPSA) is 77.6 Å². The molecule has 29 heavy (non-hydrogen) atoms. The Morgan fingerprint density at radius 3 is 2.41 bits per heavy atom. The van der Waals surface area contributed by atoms with Crippen LogP contribution in [0.2, 0.25) is 0 Å². The quantitative estimate of drug-likeness (QED) is 0.567. The van der Waals surface area contributed by atoms with Crippen molar-refractivity contribution in [1.29, 1.82) is 0 Å². The largest absolute Gasteiger partial charge is 0.345 e. The minimum Gasteiger partial charge on any atom is -0.345 e. The summed E-state index contributed by atoms with van der Waals surface area (Å²) in [6.45, 7) is 3.73. The molecule has 0 bridgehead atoms. The number of carbonyl (C=O) groups is 1. The molecule has 8 heteroatoms. The molecule has 0 fully saturated rings. The van der Waals surface area contributed by atoms with E-state index in [1.807, 2.05) is 38.1 Å². The molecule has 2 aromatic heterocycles. The first-order valence-corrected chi connectivity index (χ1v) is 9.11. The summed E-state index contributed by atoms with van der Waals surface area (Å²) in [5.74, 6) is -0.538. The molecule has 0 saturated heterocycles. The number of nitrogens with zero attached hydrogens (tertiary/aromatic N) is 5. The van der Waals surface area contributed by atoms with Crippen LogP contribution in [0.15, 0.2) is 67.1 Å². The second-order valence-electron chi connectivity index (χ2n) is 6.67. The summed E-state index contributed by atoms with van der Waals surface area (Å²) >= 11 is 0. The molecule has 146 valence electrons. The van der Waals surface area contributed by atoms with E-state index in [0.717, 1.165) is 11.3 Å². The number of amides is 1. The van der Waals surface area contributed by atoms with E-state index in [-0.39, 0.29) is 17.8 Å². The van der Waals surface area contributed by atoms with Gasteiger partial charge in [-0.25, -0.2) is 13.8 Å². The Morgan fingerprint density at radius 1 is 1.07 bits per heavy atom. The van der Waals surface area contributed by atoms with Crippen molar-refractivity contribution in [2.75, 3.05) is 0 Å². The Bertz CT molecular complexity index is 1120. The fourth-order valence-electron chi connectivity index (χ4n) is 3.09. The fraction of sp³-hybridized carbons (Fsp3) is 0.143. The summed E-state index contributed by atoms with van der Waals surface area (Å²) in [5.41, 5.74) is 3.70. The lowest BCUT2D eigenvalue weighted by Gasteiger charge is -2.15. The number of aromatic nitrogens is 5. The highest BCUT2D eigenvalue weighted by molar-refractivity contribution is 5.95. The van der Waals surface area contributed by atoms with Crippen LogP contribution in [-0.4, -0.2) is 30.7 Å². The lowest BCUT2D eigenvalue weighted by molar-refractivity contribution is 0.0939. The number of benzene rings is 2. The molecule has 2 aromatic carbocycles. The van der Waals surface area contributed by atoms with Crippen LogP contribution >= 0.6 is 0 Å². The average Bonchev–Trinajstić information content (AvgIpc) is 3.39. The minimum atomic E-state index is -0.319. The van der Waals surface area contributed by atoms with Gasteiger partial charge in [0.15, 0.2) is 0 Å². The Labute approximate surface area is 166 Å². The number of hydrogen-bond donors (Lipinski definition) is 1.